The minimum Gasteiger partial charge on any atom is -0.463 e. The van der Waals surface area contributed by atoms with Crippen LogP contribution < -0.4 is 10.6 Å². The molecule has 2 aromatic rings. The lowest BCUT2D eigenvalue weighted by Gasteiger charge is -2.44. The van der Waals surface area contributed by atoms with E-state index in [0.717, 1.165) is 0 Å². The Morgan fingerprint density at radius 1 is 0.886 bits per heavy atom. The lowest BCUT2D eigenvalue weighted by molar-refractivity contribution is -0.154. The molecule has 2 aromatic carbocycles. The highest BCUT2D eigenvalue weighted by Crippen LogP contribution is 2.26. The summed E-state index contributed by atoms with van der Waals surface area (Å²) in [5.41, 5.74) is 19.0. The van der Waals surface area contributed by atoms with Crippen LogP contribution in [0.3, 0.4) is 0 Å². The highest BCUT2D eigenvalue weighted by atomic mass is 16.6. The quantitative estimate of drug-likeness (QED) is 0.254. The highest BCUT2D eigenvalue weighted by Gasteiger charge is 2.47. The van der Waals surface area contributed by atoms with Crippen LogP contribution in [0.4, 0.5) is 0 Å². The summed E-state index contributed by atoms with van der Waals surface area (Å²) in [5, 5.41) is 12.8. The molecule has 0 aliphatic carbocycles. The largest absolute Gasteiger partial charge is 0.463 e. The second-order valence-corrected chi connectivity index (χ2v) is 7.50. The summed E-state index contributed by atoms with van der Waals surface area (Å²) < 4.78 is 10.9. The van der Waals surface area contributed by atoms with Gasteiger partial charge in [-0.25, -0.2) is 0 Å². The van der Waals surface area contributed by atoms with E-state index in [4.69, 9.17) is 15.0 Å². The summed E-state index contributed by atoms with van der Waals surface area (Å²) in [6.07, 6.45) is -2.38. The Morgan fingerprint density at radius 2 is 1.40 bits per heavy atom. The number of esters is 1. The first-order chi connectivity index (χ1) is 16.9. The van der Waals surface area contributed by atoms with E-state index in [1.165, 1.54) is 6.92 Å². The lowest BCUT2D eigenvalue weighted by atomic mass is 9.91. The first kappa shape index (κ1) is 25.1. The van der Waals surface area contributed by atoms with Crippen LogP contribution in [0.15, 0.2) is 70.9 Å². The summed E-state index contributed by atoms with van der Waals surface area (Å²) in [6, 6.07) is 13.1. The average Bonchev–Trinajstić information content (AvgIpc) is 2.87. The summed E-state index contributed by atoms with van der Waals surface area (Å²) in [6.45, 7) is 0.864. The molecule has 13 nitrogen and oxygen atoms in total. The van der Waals surface area contributed by atoms with Gasteiger partial charge in [-0.15, -0.1) is 0 Å². The van der Waals surface area contributed by atoms with Gasteiger partial charge in [0.2, 0.25) is 0 Å². The van der Waals surface area contributed by atoms with Crippen molar-refractivity contribution in [3.8, 4) is 0 Å². The Labute approximate surface area is 199 Å². The molecule has 1 heterocycles. The van der Waals surface area contributed by atoms with E-state index < -0.39 is 48.2 Å². The van der Waals surface area contributed by atoms with Crippen LogP contribution >= 0.6 is 0 Å². The summed E-state index contributed by atoms with van der Waals surface area (Å²) in [4.78, 5) is 42.9. The summed E-state index contributed by atoms with van der Waals surface area (Å²) in [7, 11) is 0. The third-order valence-corrected chi connectivity index (χ3v) is 5.23. The van der Waals surface area contributed by atoms with E-state index in [-0.39, 0.29) is 6.61 Å². The van der Waals surface area contributed by atoms with Crippen LogP contribution in [-0.4, -0.2) is 54.8 Å². The van der Waals surface area contributed by atoms with E-state index in [1.807, 2.05) is 0 Å². The molecule has 1 aliphatic rings. The molecular weight excluding hydrogens is 456 g/mol. The molecule has 1 saturated heterocycles. The van der Waals surface area contributed by atoms with E-state index >= 15 is 0 Å². The molecule has 0 aromatic heterocycles. The zero-order chi connectivity index (χ0) is 25.2. The molecule has 0 bridgehead atoms. The topological polar surface area (TPSA) is 191 Å². The third-order valence-electron chi connectivity index (χ3n) is 5.23. The van der Waals surface area contributed by atoms with Crippen molar-refractivity contribution in [2.45, 2.75) is 37.4 Å². The Hall–Kier alpha value is -4.57. The predicted octanol–water partition coefficient (Wildman–Crippen LogP) is 2.86. The monoisotopic (exact) mass is 478 g/mol. The highest BCUT2D eigenvalue weighted by molar-refractivity contribution is 5.95. The Morgan fingerprint density at radius 3 is 1.89 bits per heavy atom. The Balaban J connectivity index is 1.98. The number of benzene rings is 2. The molecule has 0 unspecified atom stereocenters. The van der Waals surface area contributed by atoms with Gasteiger partial charge in [-0.1, -0.05) is 46.6 Å². The minimum absolute atomic E-state index is 0.304. The number of hydrogen-bond acceptors (Lipinski definition) is 7. The number of nitrogens with zero attached hydrogens (tertiary/aromatic N) is 6. The summed E-state index contributed by atoms with van der Waals surface area (Å²) >= 11 is 0. The van der Waals surface area contributed by atoms with E-state index in [9.17, 15) is 19.9 Å². The second kappa shape index (κ2) is 12.1. The van der Waals surface area contributed by atoms with E-state index in [1.54, 1.807) is 60.7 Å². The van der Waals surface area contributed by atoms with Crippen molar-refractivity contribution < 1.29 is 23.9 Å². The van der Waals surface area contributed by atoms with Crippen molar-refractivity contribution in [1.29, 1.82) is 0 Å². The maximum Gasteiger partial charge on any atom is 0.302 e. The number of nitrogens with one attached hydrogen (secondary N) is 2. The first-order valence-electron chi connectivity index (χ1n) is 10.5. The molecule has 0 saturated carbocycles. The third kappa shape index (κ3) is 6.49. The number of amides is 2. The van der Waals surface area contributed by atoms with Crippen molar-refractivity contribution in [3.05, 3.63) is 92.7 Å². The molecule has 1 fully saturated rings. The molecule has 3 rings (SSSR count). The van der Waals surface area contributed by atoms with Gasteiger partial charge >= 0.3 is 5.97 Å². The second-order valence-electron chi connectivity index (χ2n) is 7.50. The van der Waals surface area contributed by atoms with Crippen LogP contribution in [-0.2, 0) is 14.3 Å². The lowest BCUT2D eigenvalue weighted by Crippen LogP contribution is -2.67. The standard InChI is InChI=1S/C22H22N8O5/c1-13(31)34-12-16-17(25-20(32)14-8-4-2-5-9-14)18(27-29-23)19(22(35-16)28-30-24)26-21(33)15-10-6-3-7-11-15/h2-11,16-19,22H,12H2,1H3,(H,25,32)(H,26,33)/t16-,17-,18+,19-,22-/m1/s1. The molecule has 5 atom stereocenters. The maximum atomic E-state index is 12.9. The van der Waals surface area contributed by atoms with Crippen LogP contribution in [0.25, 0.3) is 20.9 Å². The number of carbonyl (C=O) groups excluding carboxylic acids is 3. The fourth-order valence-corrected chi connectivity index (χ4v) is 3.64. The zero-order valence-corrected chi connectivity index (χ0v) is 18.6. The van der Waals surface area contributed by atoms with Crippen molar-refractivity contribution in [2.24, 2.45) is 10.2 Å². The molecule has 0 radical (unpaired) electrons. The van der Waals surface area contributed by atoms with Crippen LogP contribution in [0.1, 0.15) is 27.6 Å². The molecule has 0 spiro atoms. The zero-order valence-electron chi connectivity index (χ0n) is 18.6. The number of hydrogen-bond donors (Lipinski definition) is 2. The number of ether oxygens (including phenoxy) is 2. The van der Waals surface area contributed by atoms with Crippen molar-refractivity contribution in [3.63, 3.8) is 0 Å². The van der Waals surface area contributed by atoms with Crippen LogP contribution in [0.2, 0.25) is 0 Å². The normalized spacial score (nSPS) is 23.1. The SMILES string of the molecule is CC(=O)OC[C@H]1O[C@@H](N=[N+]=[N-])[C@H](NC(=O)c2ccccc2)[C@@H](N=[N+]=[N-])[C@@H]1NC(=O)c1ccccc1. The average molecular weight is 478 g/mol. The minimum atomic E-state index is -1.33. The van der Waals surface area contributed by atoms with E-state index in [2.05, 4.69) is 30.7 Å². The smallest absolute Gasteiger partial charge is 0.302 e. The van der Waals surface area contributed by atoms with Gasteiger partial charge in [0, 0.05) is 27.9 Å². The van der Waals surface area contributed by atoms with Gasteiger partial charge in [0.1, 0.15) is 12.7 Å². The van der Waals surface area contributed by atoms with Gasteiger partial charge in [0.25, 0.3) is 11.8 Å². The molecular formula is C22H22N8O5. The molecule has 13 heteroatoms. The van der Waals surface area contributed by atoms with Crippen LogP contribution in [0.5, 0.6) is 0 Å². The Bertz CT molecular complexity index is 1150. The molecule has 2 N–H and O–H groups in total. The van der Waals surface area contributed by atoms with Gasteiger partial charge in [-0.05, 0) is 35.3 Å². The predicted molar refractivity (Wildman–Crippen MR) is 123 cm³/mol. The molecule has 2 amide bonds. The van der Waals surface area contributed by atoms with Gasteiger partial charge in [-0.2, -0.15) is 0 Å². The summed E-state index contributed by atoms with van der Waals surface area (Å²) in [5.74, 6) is -1.66. The first-order valence-corrected chi connectivity index (χ1v) is 10.5. The number of rotatable bonds is 8. The molecule has 1 aliphatic heterocycles. The number of carbonyl (C=O) groups is 3. The molecule has 180 valence electrons. The van der Waals surface area contributed by atoms with E-state index in [0.29, 0.717) is 11.1 Å². The van der Waals surface area contributed by atoms with Crippen molar-refractivity contribution >= 4 is 17.8 Å². The maximum absolute atomic E-state index is 12.9. The van der Waals surface area contributed by atoms with Gasteiger partial charge in [0.15, 0.2) is 6.23 Å². The number of azide groups is 2. The van der Waals surface area contributed by atoms with Crippen molar-refractivity contribution in [2.75, 3.05) is 6.61 Å². The van der Waals surface area contributed by atoms with Gasteiger partial charge < -0.3 is 20.1 Å². The molecule has 35 heavy (non-hydrogen) atoms. The fourth-order valence-electron chi connectivity index (χ4n) is 3.64. The van der Waals surface area contributed by atoms with Gasteiger partial charge in [0.05, 0.1) is 18.1 Å². The van der Waals surface area contributed by atoms with Crippen LogP contribution in [0, 0.1) is 0 Å². The van der Waals surface area contributed by atoms with Gasteiger partial charge in [-0.3, -0.25) is 14.4 Å². The Kier molecular flexibility index (Phi) is 8.63. The fraction of sp³-hybridized carbons (Fsp3) is 0.318. The van der Waals surface area contributed by atoms with Crippen molar-refractivity contribution in [1.82, 2.24) is 10.6 Å².